The normalized spacial score (nSPS) is 12.0. The van der Waals surface area contributed by atoms with Crippen LogP contribution in [0.15, 0.2) is 77.6 Å². The molecule has 6 nitrogen and oxygen atoms in total. The van der Waals surface area contributed by atoms with Gasteiger partial charge in [0, 0.05) is 60.9 Å². The number of allylic oxidation sites excluding steroid dienone is 2. The third-order valence-electron chi connectivity index (χ3n) is 9.07. The summed E-state index contributed by atoms with van der Waals surface area (Å²) in [4.78, 5) is 25.4. The largest absolute Gasteiger partial charge is 0.512 e. The Hall–Kier alpha value is -3.67. The number of aromatic nitrogens is 3. The van der Waals surface area contributed by atoms with Crippen LogP contribution in [-0.4, -0.2) is 25.8 Å². The van der Waals surface area contributed by atoms with E-state index in [1.165, 1.54) is 22.6 Å². The topological polar surface area (TPSA) is 89.1 Å². The van der Waals surface area contributed by atoms with Crippen molar-refractivity contribution in [2.24, 2.45) is 17.8 Å². The molecule has 0 saturated heterocycles. The van der Waals surface area contributed by atoms with Crippen LogP contribution in [-0.2, 0) is 36.7 Å². The molecule has 0 aliphatic rings. The van der Waals surface area contributed by atoms with Gasteiger partial charge in [0.05, 0.1) is 23.9 Å². The van der Waals surface area contributed by atoms with Crippen molar-refractivity contribution in [1.29, 1.82) is 0 Å². The Labute approximate surface area is 306 Å². The minimum atomic E-state index is -0.00261. The summed E-state index contributed by atoms with van der Waals surface area (Å²) in [5.41, 5.74) is 6.88. The van der Waals surface area contributed by atoms with Crippen molar-refractivity contribution in [2.75, 3.05) is 0 Å². The van der Waals surface area contributed by atoms with Crippen LogP contribution in [0, 0.1) is 23.8 Å². The number of benzene rings is 2. The second kappa shape index (κ2) is 17.8. The number of hydrogen-bond acceptors (Lipinski definition) is 6. The minimum absolute atomic E-state index is 0. The number of rotatable bonds is 11. The van der Waals surface area contributed by atoms with Crippen molar-refractivity contribution >= 4 is 27.5 Å². The zero-order chi connectivity index (χ0) is 35.0. The first-order valence-corrected chi connectivity index (χ1v) is 17.5. The predicted molar refractivity (Wildman–Crippen MR) is 198 cm³/mol. The Morgan fingerprint density at radius 3 is 2.22 bits per heavy atom. The summed E-state index contributed by atoms with van der Waals surface area (Å²) in [7, 11) is 0. The molecule has 0 bridgehead atoms. The second-order valence-electron chi connectivity index (χ2n) is 14.1. The Bertz CT molecular complexity index is 1860. The summed E-state index contributed by atoms with van der Waals surface area (Å²) in [5, 5.41) is 13.2. The van der Waals surface area contributed by atoms with Gasteiger partial charge in [-0.15, -0.1) is 29.1 Å². The fourth-order valence-corrected chi connectivity index (χ4v) is 6.26. The van der Waals surface area contributed by atoms with Crippen molar-refractivity contribution in [3.63, 3.8) is 0 Å². The second-order valence-corrected chi connectivity index (χ2v) is 14.1. The molecule has 263 valence electrons. The summed E-state index contributed by atoms with van der Waals surface area (Å²) in [6.45, 7) is 19.2. The molecule has 0 fully saturated rings. The van der Waals surface area contributed by atoms with Crippen molar-refractivity contribution < 1.29 is 34.4 Å². The number of nitrogens with zero attached hydrogens (tertiary/aromatic N) is 3. The fraction of sp³-hybridized carbons (Fsp3) is 0.429. The molecule has 1 radical (unpaired) electrons. The number of furan rings is 1. The molecule has 0 amide bonds. The smallest absolute Gasteiger partial charge is 0.162 e. The average Bonchev–Trinajstić information content (AvgIpc) is 3.47. The fourth-order valence-electron chi connectivity index (χ4n) is 6.26. The maximum Gasteiger partial charge on any atom is 0.162 e. The van der Waals surface area contributed by atoms with Gasteiger partial charge < -0.3 is 9.52 Å². The molecule has 0 spiro atoms. The van der Waals surface area contributed by atoms with E-state index in [-0.39, 0.29) is 48.9 Å². The van der Waals surface area contributed by atoms with Crippen molar-refractivity contribution in [3.8, 4) is 22.5 Å². The number of hydrogen-bond donors (Lipinski definition) is 1. The maximum absolute atomic E-state index is 11.7. The Balaban J connectivity index is 0.000000347. The zero-order valence-electron chi connectivity index (χ0n) is 30.6. The SMILES string of the molecule is CC(C)Cc1coc2cncc(-c3cc(-c4[c-]c5ccccc5c(C(C)(C)C)c4)ncn3)c12.CCC(CC)C(=O)/C=C(\O)C(CC)CC.[Ir]. The van der Waals surface area contributed by atoms with Gasteiger partial charge in [0.15, 0.2) is 11.4 Å². The molecule has 0 saturated carbocycles. The first kappa shape index (κ1) is 39.8. The molecular formula is C42H52IrN3O3-. The van der Waals surface area contributed by atoms with Gasteiger partial charge in [0.1, 0.15) is 6.33 Å². The van der Waals surface area contributed by atoms with Crippen LogP contribution < -0.4 is 0 Å². The summed E-state index contributed by atoms with van der Waals surface area (Å²) >= 11 is 0. The van der Waals surface area contributed by atoms with E-state index in [1.807, 2.05) is 46.2 Å². The van der Waals surface area contributed by atoms with Crippen LogP contribution in [0.4, 0.5) is 0 Å². The van der Waals surface area contributed by atoms with Gasteiger partial charge in [0.2, 0.25) is 0 Å². The molecule has 2 aromatic carbocycles. The van der Waals surface area contributed by atoms with Crippen molar-refractivity contribution in [1.82, 2.24) is 15.0 Å². The monoisotopic (exact) mass is 839 g/mol. The number of aliphatic hydroxyl groups is 1. The molecule has 0 unspecified atom stereocenters. The molecule has 0 aliphatic heterocycles. The van der Waals surface area contributed by atoms with Crippen LogP contribution in [0.5, 0.6) is 0 Å². The Kier molecular flexibility index (Phi) is 14.5. The average molecular weight is 839 g/mol. The number of carbonyl (C=O) groups is 1. The quantitative estimate of drug-likeness (QED) is 0.0810. The van der Waals surface area contributed by atoms with Gasteiger partial charge >= 0.3 is 0 Å². The number of ketones is 1. The molecule has 5 rings (SSSR count). The van der Waals surface area contributed by atoms with Crippen LogP contribution in [0.1, 0.15) is 99.1 Å². The molecule has 0 atom stereocenters. The van der Waals surface area contributed by atoms with E-state index in [2.05, 4.69) is 86.0 Å². The molecule has 49 heavy (non-hydrogen) atoms. The Morgan fingerprint density at radius 2 is 1.59 bits per heavy atom. The Morgan fingerprint density at radius 1 is 0.939 bits per heavy atom. The first-order chi connectivity index (χ1) is 22.9. The molecular weight excluding hydrogens is 787 g/mol. The molecule has 1 N–H and O–H groups in total. The van der Waals surface area contributed by atoms with Gasteiger partial charge in [-0.3, -0.25) is 14.8 Å². The van der Waals surface area contributed by atoms with Crippen LogP contribution in [0.2, 0.25) is 0 Å². The standard InChI is InChI=1S/C29H28N3O.C13H24O2.Ir/c1-18(2)10-21-16-33-27-15-30-14-23(28(21)27)26-13-25(31-17-32-26)20-11-19-8-6-7-9-22(19)24(12-20)29(3,4)5;1-5-10(6-2)12(14)9-13(15)11(7-3)8-4;/h6-9,12-18H,10H2,1-5H3;9-11,14H,5-8H2,1-4H3;/q-1;;/b;12-9-;. The summed E-state index contributed by atoms with van der Waals surface area (Å²) in [6.07, 6.45) is 13.0. The van der Waals surface area contributed by atoms with E-state index in [0.29, 0.717) is 5.92 Å². The third kappa shape index (κ3) is 9.73. The van der Waals surface area contributed by atoms with Gasteiger partial charge in [-0.25, -0.2) is 4.98 Å². The number of carbonyl (C=O) groups excluding carboxylic acids is 1. The van der Waals surface area contributed by atoms with Crippen LogP contribution in [0.25, 0.3) is 44.3 Å². The summed E-state index contributed by atoms with van der Waals surface area (Å²) in [5.74, 6) is 1.07. The molecule has 5 aromatic rings. The van der Waals surface area contributed by atoms with E-state index in [4.69, 9.17) is 4.42 Å². The van der Waals surface area contributed by atoms with E-state index < -0.39 is 0 Å². The van der Waals surface area contributed by atoms with E-state index in [0.717, 1.165) is 71.0 Å². The first-order valence-electron chi connectivity index (χ1n) is 17.5. The zero-order valence-corrected chi connectivity index (χ0v) is 33.0. The van der Waals surface area contributed by atoms with Crippen molar-refractivity contribution in [3.05, 3.63) is 90.4 Å². The van der Waals surface area contributed by atoms with E-state index in [9.17, 15) is 9.90 Å². The number of fused-ring (bicyclic) bond motifs is 2. The van der Waals surface area contributed by atoms with Crippen LogP contribution >= 0.6 is 0 Å². The van der Waals surface area contributed by atoms with Gasteiger partial charge in [-0.2, -0.15) is 0 Å². The number of pyridine rings is 1. The third-order valence-corrected chi connectivity index (χ3v) is 9.07. The molecule has 3 heterocycles. The van der Waals surface area contributed by atoms with Crippen molar-refractivity contribution in [2.45, 2.75) is 99.8 Å². The molecule has 0 aliphatic carbocycles. The van der Waals surface area contributed by atoms with Gasteiger partial charge in [-0.05, 0) is 55.1 Å². The van der Waals surface area contributed by atoms with E-state index >= 15 is 0 Å². The van der Waals surface area contributed by atoms with Gasteiger partial charge in [-0.1, -0.05) is 91.5 Å². The van der Waals surface area contributed by atoms with Gasteiger partial charge in [0.25, 0.3) is 0 Å². The molecule has 7 heteroatoms. The maximum atomic E-state index is 11.7. The number of aliphatic hydroxyl groups excluding tert-OH is 1. The summed E-state index contributed by atoms with van der Waals surface area (Å²) in [6, 6.07) is 16.3. The van der Waals surface area contributed by atoms with Crippen LogP contribution in [0.3, 0.4) is 0 Å². The van der Waals surface area contributed by atoms with E-state index in [1.54, 1.807) is 12.5 Å². The molecule has 3 aromatic heterocycles. The summed E-state index contributed by atoms with van der Waals surface area (Å²) < 4.78 is 5.82. The minimum Gasteiger partial charge on any atom is -0.512 e. The predicted octanol–water partition coefficient (Wildman–Crippen LogP) is 11.3.